The molecular formula is C12H13FN4O2. The zero-order valence-corrected chi connectivity index (χ0v) is 10.1. The molecule has 1 aromatic heterocycles. The van der Waals surface area contributed by atoms with Gasteiger partial charge in [-0.1, -0.05) is 0 Å². The first-order valence-electron chi connectivity index (χ1n) is 5.83. The lowest BCUT2D eigenvalue weighted by molar-refractivity contribution is -0.384. The Labute approximate surface area is 108 Å². The van der Waals surface area contributed by atoms with E-state index >= 15 is 0 Å². The number of nitrogens with zero attached hydrogens (tertiary/aromatic N) is 2. The molecule has 1 aromatic carbocycles. The van der Waals surface area contributed by atoms with Crippen LogP contribution in [0.1, 0.15) is 12.1 Å². The summed E-state index contributed by atoms with van der Waals surface area (Å²) >= 11 is 0. The first-order valence-corrected chi connectivity index (χ1v) is 5.83. The molecular weight excluding hydrogens is 251 g/mol. The average Bonchev–Trinajstić information content (AvgIpc) is 2.89. The number of anilines is 1. The minimum absolute atomic E-state index is 0.249. The van der Waals surface area contributed by atoms with E-state index in [1.54, 1.807) is 6.20 Å². The van der Waals surface area contributed by atoms with Crippen molar-refractivity contribution in [1.82, 2.24) is 10.2 Å². The maximum atomic E-state index is 12.9. The van der Waals surface area contributed by atoms with Crippen molar-refractivity contribution in [2.45, 2.75) is 12.8 Å². The number of aromatic nitrogens is 2. The molecule has 0 aliphatic carbocycles. The Morgan fingerprint density at radius 1 is 1.42 bits per heavy atom. The van der Waals surface area contributed by atoms with Crippen LogP contribution >= 0.6 is 0 Å². The van der Waals surface area contributed by atoms with E-state index < -0.39 is 10.7 Å². The zero-order valence-electron chi connectivity index (χ0n) is 10.1. The highest BCUT2D eigenvalue weighted by atomic mass is 19.1. The molecule has 0 radical (unpaired) electrons. The predicted molar refractivity (Wildman–Crippen MR) is 68.5 cm³/mol. The SMILES string of the molecule is O=[N+]([O-])c1cc(F)ccc1NCCCc1ccn[nH]1. The van der Waals surface area contributed by atoms with Gasteiger partial charge in [0.2, 0.25) is 0 Å². The number of benzene rings is 1. The molecule has 7 heteroatoms. The highest BCUT2D eigenvalue weighted by Crippen LogP contribution is 2.24. The van der Waals surface area contributed by atoms with Gasteiger partial charge >= 0.3 is 0 Å². The molecule has 0 fully saturated rings. The smallest absolute Gasteiger partial charge is 0.295 e. The topological polar surface area (TPSA) is 83.8 Å². The average molecular weight is 264 g/mol. The van der Waals surface area contributed by atoms with Crippen LogP contribution < -0.4 is 5.32 Å². The molecule has 6 nitrogen and oxygen atoms in total. The molecule has 0 aliphatic heterocycles. The lowest BCUT2D eigenvalue weighted by Gasteiger charge is -2.06. The maximum Gasteiger partial charge on any atom is 0.295 e. The molecule has 2 rings (SSSR count). The maximum absolute atomic E-state index is 12.9. The molecule has 19 heavy (non-hydrogen) atoms. The van der Waals surface area contributed by atoms with Gasteiger partial charge in [-0.15, -0.1) is 0 Å². The van der Waals surface area contributed by atoms with Crippen LogP contribution in [0.15, 0.2) is 30.5 Å². The number of H-pyrrole nitrogens is 1. The van der Waals surface area contributed by atoms with Crippen LogP contribution in [0.4, 0.5) is 15.8 Å². The molecule has 0 saturated carbocycles. The van der Waals surface area contributed by atoms with Gasteiger partial charge in [0.05, 0.1) is 11.0 Å². The van der Waals surface area contributed by atoms with Crippen molar-refractivity contribution in [3.63, 3.8) is 0 Å². The summed E-state index contributed by atoms with van der Waals surface area (Å²) in [5.74, 6) is -0.616. The van der Waals surface area contributed by atoms with Gasteiger partial charge in [0.1, 0.15) is 11.5 Å². The molecule has 1 heterocycles. The predicted octanol–water partition coefficient (Wildman–Crippen LogP) is 2.50. The summed E-state index contributed by atoms with van der Waals surface area (Å²) in [7, 11) is 0. The van der Waals surface area contributed by atoms with Gasteiger partial charge in [-0.2, -0.15) is 5.10 Å². The Balaban J connectivity index is 1.90. The van der Waals surface area contributed by atoms with E-state index in [-0.39, 0.29) is 5.69 Å². The normalized spacial score (nSPS) is 10.4. The van der Waals surface area contributed by atoms with E-state index in [1.165, 1.54) is 12.1 Å². The van der Waals surface area contributed by atoms with Crippen LogP contribution in [0.2, 0.25) is 0 Å². The van der Waals surface area contributed by atoms with E-state index in [2.05, 4.69) is 15.5 Å². The molecule has 2 N–H and O–H groups in total. The third kappa shape index (κ3) is 3.51. The summed E-state index contributed by atoms with van der Waals surface area (Å²) in [6, 6.07) is 5.37. The number of halogens is 1. The second-order valence-corrected chi connectivity index (χ2v) is 4.03. The van der Waals surface area contributed by atoms with Gasteiger partial charge in [0.25, 0.3) is 5.69 Å². The lowest BCUT2D eigenvalue weighted by Crippen LogP contribution is -2.05. The number of aromatic amines is 1. The summed E-state index contributed by atoms with van der Waals surface area (Å²) in [5.41, 5.74) is 1.09. The molecule has 0 aliphatic rings. The molecule has 100 valence electrons. The highest BCUT2D eigenvalue weighted by molar-refractivity contribution is 5.61. The molecule has 0 atom stereocenters. The number of nitro groups is 1. The van der Waals surface area contributed by atoms with Crippen LogP contribution in [0.5, 0.6) is 0 Å². The van der Waals surface area contributed by atoms with Crippen LogP contribution in [0.3, 0.4) is 0 Å². The van der Waals surface area contributed by atoms with Crippen molar-refractivity contribution in [3.8, 4) is 0 Å². The fraction of sp³-hybridized carbons (Fsp3) is 0.250. The molecule has 0 unspecified atom stereocenters. The standard InChI is InChI=1S/C12H13FN4O2/c13-9-3-4-11(12(8-9)17(18)19)14-6-1-2-10-5-7-15-16-10/h3-5,7-8,14H,1-2,6H2,(H,15,16). The van der Waals surface area contributed by atoms with Gasteiger partial charge < -0.3 is 5.32 Å². The summed E-state index contributed by atoms with van der Waals surface area (Å²) in [5, 5.41) is 20.4. The highest BCUT2D eigenvalue weighted by Gasteiger charge is 2.14. The van der Waals surface area contributed by atoms with Crippen LogP contribution in [0.25, 0.3) is 0 Å². The first-order chi connectivity index (χ1) is 9.16. The Morgan fingerprint density at radius 2 is 2.26 bits per heavy atom. The van der Waals surface area contributed by atoms with E-state index in [1.807, 2.05) is 6.07 Å². The van der Waals surface area contributed by atoms with Crippen LogP contribution in [-0.4, -0.2) is 21.7 Å². The molecule has 2 aromatic rings. The number of rotatable bonds is 6. The Morgan fingerprint density at radius 3 is 2.95 bits per heavy atom. The summed E-state index contributed by atoms with van der Waals surface area (Å²) < 4.78 is 12.9. The zero-order chi connectivity index (χ0) is 13.7. The van der Waals surface area contributed by atoms with E-state index in [4.69, 9.17) is 0 Å². The number of nitrogens with one attached hydrogen (secondary N) is 2. The fourth-order valence-corrected chi connectivity index (χ4v) is 1.73. The van der Waals surface area contributed by atoms with Gasteiger partial charge in [-0.3, -0.25) is 15.2 Å². The summed E-state index contributed by atoms with van der Waals surface area (Å²) in [6.07, 6.45) is 3.26. The summed E-state index contributed by atoms with van der Waals surface area (Å²) in [6.45, 7) is 0.561. The third-order valence-corrected chi connectivity index (χ3v) is 2.65. The molecule has 0 amide bonds. The Hall–Kier alpha value is -2.44. The molecule has 0 bridgehead atoms. The lowest BCUT2D eigenvalue weighted by atomic mass is 10.2. The van der Waals surface area contributed by atoms with Gasteiger partial charge in [0.15, 0.2) is 0 Å². The molecule has 0 saturated heterocycles. The Bertz CT molecular complexity index is 557. The Kier molecular flexibility index (Phi) is 4.07. The van der Waals surface area contributed by atoms with Gasteiger partial charge in [-0.05, 0) is 31.0 Å². The fourth-order valence-electron chi connectivity index (χ4n) is 1.73. The van der Waals surface area contributed by atoms with Crippen molar-refractivity contribution in [2.24, 2.45) is 0 Å². The van der Waals surface area contributed by atoms with Crippen LogP contribution in [0, 0.1) is 15.9 Å². The van der Waals surface area contributed by atoms with Crippen molar-refractivity contribution in [2.75, 3.05) is 11.9 Å². The van der Waals surface area contributed by atoms with Gasteiger partial charge in [0, 0.05) is 18.4 Å². The van der Waals surface area contributed by atoms with Crippen molar-refractivity contribution < 1.29 is 9.31 Å². The quantitative estimate of drug-likeness (QED) is 0.477. The number of hydrogen-bond acceptors (Lipinski definition) is 4. The van der Waals surface area contributed by atoms with Crippen molar-refractivity contribution >= 4 is 11.4 Å². The number of hydrogen-bond donors (Lipinski definition) is 2. The number of aryl methyl sites for hydroxylation is 1. The first kappa shape index (κ1) is 13.0. The largest absolute Gasteiger partial charge is 0.379 e. The van der Waals surface area contributed by atoms with E-state index in [0.717, 1.165) is 24.6 Å². The van der Waals surface area contributed by atoms with Crippen molar-refractivity contribution in [1.29, 1.82) is 0 Å². The van der Waals surface area contributed by atoms with Crippen LogP contribution in [-0.2, 0) is 6.42 Å². The minimum Gasteiger partial charge on any atom is -0.379 e. The van der Waals surface area contributed by atoms with E-state index in [9.17, 15) is 14.5 Å². The minimum atomic E-state index is -0.616. The number of nitro benzene ring substituents is 1. The second kappa shape index (κ2) is 5.94. The monoisotopic (exact) mass is 264 g/mol. The molecule has 0 spiro atoms. The van der Waals surface area contributed by atoms with Gasteiger partial charge in [-0.25, -0.2) is 4.39 Å². The second-order valence-electron chi connectivity index (χ2n) is 4.03. The van der Waals surface area contributed by atoms with Crippen molar-refractivity contribution in [3.05, 3.63) is 52.1 Å². The third-order valence-electron chi connectivity index (χ3n) is 2.65. The van der Waals surface area contributed by atoms with E-state index in [0.29, 0.717) is 12.2 Å². The summed E-state index contributed by atoms with van der Waals surface area (Å²) in [4.78, 5) is 10.2.